The van der Waals surface area contributed by atoms with Crippen molar-refractivity contribution >= 4 is 24.0 Å². The Morgan fingerprint density at radius 3 is 2.27 bits per heavy atom. The van der Waals surface area contributed by atoms with Crippen molar-refractivity contribution in [3.8, 4) is 0 Å². The van der Waals surface area contributed by atoms with E-state index in [0.717, 1.165) is 18.2 Å². The molecule has 0 aliphatic carbocycles. The van der Waals surface area contributed by atoms with Gasteiger partial charge in [-0.3, -0.25) is 9.59 Å². The molecule has 0 heterocycles. The van der Waals surface area contributed by atoms with Crippen molar-refractivity contribution in [3.05, 3.63) is 34.3 Å². The summed E-state index contributed by atoms with van der Waals surface area (Å²) in [7, 11) is 0. The van der Waals surface area contributed by atoms with Gasteiger partial charge in [0, 0.05) is 12.1 Å². The van der Waals surface area contributed by atoms with Crippen LogP contribution in [0.1, 0.15) is 29.8 Å². The Morgan fingerprint density at radius 1 is 1.41 bits per heavy atom. The third-order valence-corrected chi connectivity index (χ3v) is 2.56. The summed E-state index contributed by atoms with van der Waals surface area (Å²) in [5.41, 5.74) is 4.16. The Bertz CT molecular complexity index is 528. The Morgan fingerprint density at radius 2 is 1.91 bits per heavy atom. The molecule has 124 valence electrons. The Labute approximate surface area is 130 Å². The minimum absolute atomic E-state index is 0.0149. The molecule has 1 amide bonds. The fraction of sp³-hybridized carbons (Fsp3) is 0.385. The summed E-state index contributed by atoms with van der Waals surface area (Å²) in [6.45, 7) is 3.35. The van der Waals surface area contributed by atoms with Crippen molar-refractivity contribution in [2.24, 2.45) is 5.73 Å². The van der Waals surface area contributed by atoms with E-state index in [1.807, 2.05) is 0 Å². The van der Waals surface area contributed by atoms with Crippen LogP contribution in [0.2, 0.25) is 5.02 Å². The fourth-order valence-electron chi connectivity index (χ4n) is 1.28. The number of nitrogens with two attached hydrogens (primary N) is 1. The monoisotopic (exact) mass is 340 g/mol. The number of benzene rings is 1. The summed E-state index contributed by atoms with van der Waals surface area (Å²) in [5.74, 6) is -0.558. The zero-order valence-electron chi connectivity index (χ0n) is 11.9. The van der Waals surface area contributed by atoms with Crippen LogP contribution in [0.5, 0.6) is 0 Å². The lowest BCUT2D eigenvalue weighted by molar-refractivity contribution is -0.137. The van der Waals surface area contributed by atoms with E-state index in [0.29, 0.717) is 0 Å². The predicted molar refractivity (Wildman–Crippen MR) is 75.7 cm³/mol. The summed E-state index contributed by atoms with van der Waals surface area (Å²) in [5, 5.41) is 9.15. The molecule has 0 aromatic heterocycles. The highest BCUT2D eigenvalue weighted by molar-refractivity contribution is 6.33. The normalized spacial score (nSPS) is 11.2. The van der Waals surface area contributed by atoms with Gasteiger partial charge in [-0.05, 0) is 32.0 Å². The van der Waals surface area contributed by atoms with Crippen LogP contribution in [0.25, 0.3) is 0 Å². The number of carboxylic acid groups (broad SMARTS) is 1. The van der Waals surface area contributed by atoms with E-state index in [1.165, 1.54) is 0 Å². The van der Waals surface area contributed by atoms with Crippen LogP contribution in [0.4, 0.5) is 13.2 Å². The Kier molecular flexibility index (Phi) is 7.34. The second kappa shape index (κ2) is 8.00. The SMILES string of the molecule is CC(C)(N)CNC(=O)c1ccc(C(F)(F)F)cc1Cl.O=CO. The van der Waals surface area contributed by atoms with Gasteiger partial charge in [0.2, 0.25) is 0 Å². The van der Waals surface area contributed by atoms with Crippen LogP contribution < -0.4 is 11.1 Å². The zero-order valence-corrected chi connectivity index (χ0v) is 12.6. The molecule has 1 rings (SSSR count). The summed E-state index contributed by atoms with van der Waals surface area (Å²) < 4.78 is 37.3. The van der Waals surface area contributed by atoms with E-state index in [2.05, 4.69) is 5.32 Å². The maximum absolute atomic E-state index is 12.4. The highest BCUT2D eigenvalue weighted by atomic mass is 35.5. The number of carbonyl (C=O) groups excluding carboxylic acids is 1. The first kappa shape index (κ1) is 20.2. The number of carbonyl (C=O) groups is 2. The molecule has 0 spiro atoms. The van der Waals surface area contributed by atoms with Crippen molar-refractivity contribution in [1.29, 1.82) is 0 Å². The molecule has 0 unspecified atom stereocenters. The minimum Gasteiger partial charge on any atom is -0.483 e. The Hall–Kier alpha value is -1.80. The third kappa shape index (κ3) is 7.28. The quantitative estimate of drug-likeness (QED) is 0.737. The molecule has 0 saturated carbocycles. The summed E-state index contributed by atoms with van der Waals surface area (Å²) in [6, 6.07) is 2.59. The molecule has 0 radical (unpaired) electrons. The first-order chi connectivity index (χ1) is 9.92. The summed E-state index contributed by atoms with van der Waals surface area (Å²) in [6.07, 6.45) is -4.49. The number of hydrogen-bond donors (Lipinski definition) is 3. The molecule has 5 nitrogen and oxygen atoms in total. The number of nitrogens with one attached hydrogen (secondary N) is 1. The molecule has 0 aliphatic rings. The van der Waals surface area contributed by atoms with Crippen LogP contribution in [0.3, 0.4) is 0 Å². The van der Waals surface area contributed by atoms with Crippen LogP contribution in [-0.4, -0.2) is 29.6 Å². The maximum Gasteiger partial charge on any atom is 0.416 e. The molecule has 0 saturated heterocycles. The lowest BCUT2D eigenvalue weighted by Crippen LogP contribution is -2.45. The fourth-order valence-corrected chi connectivity index (χ4v) is 1.55. The molecule has 0 fully saturated rings. The van der Waals surface area contributed by atoms with Gasteiger partial charge in [0.15, 0.2) is 0 Å². The number of alkyl halides is 3. The van der Waals surface area contributed by atoms with Gasteiger partial charge in [0.1, 0.15) is 0 Å². The average molecular weight is 341 g/mol. The van der Waals surface area contributed by atoms with E-state index in [1.54, 1.807) is 13.8 Å². The van der Waals surface area contributed by atoms with E-state index in [9.17, 15) is 18.0 Å². The second-order valence-electron chi connectivity index (χ2n) is 4.97. The molecule has 0 atom stereocenters. The Balaban J connectivity index is 0.00000135. The van der Waals surface area contributed by atoms with Gasteiger partial charge in [0.25, 0.3) is 12.4 Å². The van der Waals surface area contributed by atoms with Crippen molar-refractivity contribution in [1.82, 2.24) is 5.32 Å². The van der Waals surface area contributed by atoms with Crippen molar-refractivity contribution in [2.45, 2.75) is 25.6 Å². The van der Waals surface area contributed by atoms with Gasteiger partial charge >= 0.3 is 6.18 Å². The first-order valence-electron chi connectivity index (χ1n) is 5.94. The van der Waals surface area contributed by atoms with Gasteiger partial charge in [-0.1, -0.05) is 11.6 Å². The van der Waals surface area contributed by atoms with Crippen molar-refractivity contribution in [3.63, 3.8) is 0 Å². The standard InChI is InChI=1S/C12H14ClF3N2O.CH2O2/c1-11(2,17)6-18-10(19)8-4-3-7(5-9(8)13)12(14,15)16;2-1-3/h3-5H,6,17H2,1-2H3,(H,18,19);1H,(H,2,3). The van der Waals surface area contributed by atoms with Crippen LogP contribution in [0, 0.1) is 0 Å². The minimum atomic E-state index is -4.49. The molecule has 22 heavy (non-hydrogen) atoms. The molecule has 1 aromatic carbocycles. The van der Waals surface area contributed by atoms with Crippen molar-refractivity contribution in [2.75, 3.05) is 6.54 Å². The zero-order chi connectivity index (χ0) is 17.6. The van der Waals surface area contributed by atoms with Gasteiger partial charge in [-0.2, -0.15) is 13.2 Å². The number of halogens is 4. The smallest absolute Gasteiger partial charge is 0.416 e. The molecule has 4 N–H and O–H groups in total. The molecule has 1 aromatic rings. The molecular weight excluding hydrogens is 325 g/mol. The van der Waals surface area contributed by atoms with Crippen LogP contribution in [-0.2, 0) is 11.0 Å². The van der Waals surface area contributed by atoms with Crippen molar-refractivity contribution < 1.29 is 27.9 Å². The molecule has 9 heteroatoms. The summed E-state index contributed by atoms with van der Waals surface area (Å²) in [4.78, 5) is 20.1. The second-order valence-corrected chi connectivity index (χ2v) is 5.38. The third-order valence-electron chi connectivity index (χ3n) is 2.25. The lowest BCUT2D eigenvalue weighted by Gasteiger charge is -2.19. The van der Waals surface area contributed by atoms with Gasteiger partial charge in [0.05, 0.1) is 16.1 Å². The average Bonchev–Trinajstić information content (AvgIpc) is 2.35. The number of hydrogen-bond acceptors (Lipinski definition) is 3. The number of amides is 1. The topological polar surface area (TPSA) is 92.4 Å². The van der Waals surface area contributed by atoms with Gasteiger partial charge in [-0.25, -0.2) is 0 Å². The highest BCUT2D eigenvalue weighted by Gasteiger charge is 2.31. The summed E-state index contributed by atoms with van der Waals surface area (Å²) >= 11 is 5.69. The van der Waals surface area contributed by atoms with E-state index in [-0.39, 0.29) is 23.6 Å². The molecule has 0 aliphatic heterocycles. The maximum atomic E-state index is 12.4. The predicted octanol–water partition coefficient (Wildman–Crippen LogP) is 2.53. The largest absolute Gasteiger partial charge is 0.483 e. The molecular formula is C13H16ClF3N2O3. The van der Waals surface area contributed by atoms with E-state index < -0.39 is 23.2 Å². The van der Waals surface area contributed by atoms with Crippen LogP contribution in [0.15, 0.2) is 18.2 Å². The molecule has 0 bridgehead atoms. The van der Waals surface area contributed by atoms with Gasteiger partial charge in [-0.15, -0.1) is 0 Å². The number of rotatable bonds is 3. The highest BCUT2D eigenvalue weighted by Crippen LogP contribution is 2.32. The van der Waals surface area contributed by atoms with Gasteiger partial charge < -0.3 is 16.2 Å². The van der Waals surface area contributed by atoms with Crippen LogP contribution >= 0.6 is 11.6 Å². The first-order valence-corrected chi connectivity index (χ1v) is 6.32. The lowest BCUT2D eigenvalue weighted by atomic mass is 10.1. The van der Waals surface area contributed by atoms with E-state index >= 15 is 0 Å². The van der Waals surface area contributed by atoms with E-state index in [4.69, 9.17) is 27.2 Å².